The van der Waals surface area contributed by atoms with E-state index in [0.29, 0.717) is 5.04 Å². The van der Waals surface area contributed by atoms with Gasteiger partial charge in [-0.3, -0.25) is 4.99 Å². The van der Waals surface area contributed by atoms with Gasteiger partial charge in [-0.1, -0.05) is 0 Å². The Bertz CT molecular complexity index is 210. The maximum absolute atomic E-state index is 6.81. The molecule has 1 N–H and O–H groups in total. The maximum atomic E-state index is 6.81. The second kappa shape index (κ2) is 3.50. The molecule has 0 radical (unpaired) electrons. The van der Waals surface area contributed by atoms with Gasteiger partial charge in [0.05, 0.1) is 6.21 Å². The summed E-state index contributed by atoms with van der Waals surface area (Å²) >= 11 is 1.49. The van der Waals surface area contributed by atoms with Gasteiger partial charge >= 0.3 is 0 Å². The summed E-state index contributed by atoms with van der Waals surface area (Å²) in [6.45, 7) is -1.43. The number of hydrazone groups is 1. The molecule has 0 atom stereocenters. The SMILES string of the molecule is [2H]C([2H])([2H])NN=C1C=NCCS1. The highest BCUT2D eigenvalue weighted by molar-refractivity contribution is 8.15. The van der Waals surface area contributed by atoms with Gasteiger partial charge in [0.2, 0.25) is 0 Å². The fourth-order valence-corrected chi connectivity index (χ4v) is 1.16. The van der Waals surface area contributed by atoms with E-state index in [0.717, 1.165) is 12.3 Å². The highest BCUT2D eigenvalue weighted by atomic mass is 32.2. The molecule has 0 fully saturated rings. The normalized spacial score (nSPS) is 28.9. The van der Waals surface area contributed by atoms with Crippen LogP contribution in [0, 0.1) is 0 Å². The van der Waals surface area contributed by atoms with Crippen molar-refractivity contribution in [1.29, 1.82) is 0 Å². The van der Waals surface area contributed by atoms with Crippen LogP contribution in [0.5, 0.6) is 0 Å². The average Bonchev–Trinajstić information content (AvgIpc) is 2.02. The fraction of sp³-hybridized carbons (Fsp3) is 0.600. The van der Waals surface area contributed by atoms with Crippen LogP contribution in [0.1, 0.15) is 4.11 Å². The van der Waals surface area contributed by atoms with Crippen LogP contribution < -0.4 is 5.43 Å². The van der Waals surface area contributed by atoms with Crippen LogP contribution in [0.4, 0.5) is 0 Å². The zero-order chi connectivity index (χ0) is 9.03. The summed E-state index contributed by atoms with van der Waals surface area (Å²) < 4.78 is 20.4. The van der Waals surface area contributed by atoms with Gasteiger partial charge in [0.15, 0.2) is 0 Å². The van der Waals surface area contributed by atoms with E-state index in [1.165, 1.54) is 11.8 Å². The number of aliphatic imine (C=N–C) groups is 1. The fourth-order valence-electron chi connectivity index (χ4n) is 0.499. The Hall–Kier alpha value is -0.510. The average molecular weight is 146 g/mol. The van der Waals surface area contributed by atoms with E-state index in [2.05, 4.69) is 15.5 Å². The standard InChI is InChI=1S/C5H9N3S/c1-6-8-5-4-7-2-3-9-5/h4,6H,2-3H2,1H3/i1D3. The van der Waals surface area contributed by atoms with Crippen LogP contribution in [0.3, 0.4) is 0 Å². The Morgan fingerprint density at radius 3 is 3.78 bits per heavy atom. The lowest BCUT2D eigenvalue weighted by Crippen LogP contribution is -2.09. The summed E-state index contributed by atoms with van der Waals surface area (Å²) in [5.41, 5.74) is 2.07. The smallest absolute Gasteiger partial charge is 0.134 e. The van der Waals surface area contributed by atoms with E-state index in [9.17, 15) is 0 Å². The molecular weight excluding hydrogens is 134 g/mol. The molecule has 0 saturated carbocycles. The van der Waals surface area contributed by atoms with Crippen molar-refractivity contribution in [1.82, 2.24) is 5.43 Å². The summed E-state index contributed by atoms with van der Waals surface area (Å²) in [4.78, 5) is 3.96. The Kier molecular flexibility index (Phi) is 1.40. The summed E-state index contributed by atoms with van der Waals surface area (Å²) in [7, 11) is 0. The highest BCUT2D eigenvalue weighted by Gasteiger charge is 1.99. The van der Waals surface area contributed by atoms with Gasteiger partial charge in [0.1, 0.15) is 5.04 Å². The van der Waals surface area contributed by atoms with Crippen LogP contribution in [-0.2, 0) is 0 Å². The van der Waals surface area contributed by atoms with Gasteiger partial charge in [-0.05, 0) is 0 Å². The van der Waals surface area contributed by atoms with Crippen LogP contribution in [0.2, 0.25) is 0 Å². The number of hydrogen-bond donors (Lipinski definition) is 1. The van der Waals surface area contributed by atoms with Crippen LogP contribution in [0.15, 0.2) is 10.1 Å². The second-order valence-corrected chi connectivity index (χ2v) is 2.56. The predicted molar refractivity (Wildman–Crippen MR) is 42.3 cm³/mol. The summed E-state index contributed by atoms with van der Waals surface area (Å²) in [5, 5.41) is 4.29. The zero-order valence-electron chi connectivity index (χ0n) is 7.79. The van der Waals surface area contributed by atoms with E-state index < -0.39 is 6.98 Å². The highest BCUT2D eigenvalue weighted by Crippen LogP contribution is 2.05. The first kappa shape index (κ1) is 3.61. The van der Waals surface area contributed by atoms with Gasteiger partial charge in [-0.2, -0.15) is 5.10 Å². The molecule has 0 aromatic heterocycles. The van der Waals surface area contributed by atoms with Crippen molar-refractivity contribution in [2.45, 2.75) is 0 Å². The van der Waals surface area contributed by atoms with Gasteiger partial charge in [-0.25, -0.2) is 0 Å². The first-order valence-corrected chi connectivity index (χ1v) is 3.54. The van der Waals surface area contributed by atoms with E-state index >= 15 is 0 Å². The number of hydrogen-bond acceptors (Lipinski definition) is 4. The number of thioether (sulfide) groups is 1. The van der Waals surface area contributed by atoms with E-state index in [-0.39, 0.29) is 0 Å². The molecule has 1 aliphatic heterocycles. The lowest BCUT2D eigenvalue weighted by Gasteiger charge is -2.03. The first-order valence-electron chi connectivity index (χ1n) is 4.05. The molecule has 0 aliphatic carbocycles. The first-order chi connectivity index (χ1) is 5.58. The van der Waals surface area contributed by atoms with E-state index in [1.54, 1.807) is 6.21 Å². The monoisotopic (exact) mass is 146 g/mol. The van der Waals surface area contributed by atoms with Gasteiger partial charge in [0.25, 0.3) is 0 Å². The Labute approximate surface area is 62.8 Å². The summed E-state index contributed by atoms with van der Waals surface area (Å²) in [6.07, 6.45) is 1.58. The molecule has 0 bridgehead atoms. The molecule has 0 amide bonds. The molecule has 3 nitrogen and oxygen atoms in total. The van der Waals surface area contributed by atoms with Crippen molar-refractivity contribution in [2.75, 3.05) is 19.3 Å². The molecule has 9 heavy (non-hydrogen) atoms. The quantitative estimate of drug-likeness (QED) is 0.541. The second-order valence-electron chi connectivity index (χ2n) is 1.45. The minimum Gasteiger partial charge on any atom is -0.312 e. The zero-order valence-corrected chi connectivity index (χ0v) is 5.61. The van der Waals surface area contributed by atoms with E-state index in [1.807, 2.05) is 0 Å². The maximum Gasteiger partial charge on any atom is 0.134 e. The van der Waals surface area contributed by atoms with Crippen molar-refractivity contribution in [2.24, 2.45) is 10.1 Å². The molecule has 1 rings (SSSR count). The summed E-state index contributed by atoms with van der Waals surface area (Å²) in [6, 6.07) is 0. The van der Waals surface area contributed by atoms with Crippen molar-refractivity contribution < 1.29 is 4.11 Å². The van der Waals surface area contributed by atoms with Gasteiger partial charge in [0, 0.05) is 23.4 Å². The van der Waals surface area contributed by atoms with Crippen molar-refractivity contribution >= 4 is 23.0 Å². The van der Waals surface area contributed by atoms with Gasteiger partial charge < -0.3 is 5.43 Å². The van der Waals surface area contributed by atoms with Crippen LogP contribution in [-0.4, -0.2) is 30.5 Å². The number of nitrogens with zero attached hydrogens (tertiary/aromatic N) is 2. The van der Waals surface area contributed by atoms with Crippen molar-refractivity contribution in [3.63, 3.8) is 0 Å². The molecule has 0 aromatic rings. The predicted octanol–water partition coefficient (Wildman–Crippen LogP) is 0.337. The van der Waals surface area contributed by atoms with Gasteiger partial charge in [-0.15, -0.1) is 11.8 Å². The molecule has 1 aliphatic rings. The summed E-state index contributed by atoms with van der Waals surface area (Å²) in [5.74, 6) is 0.859. The van der Waals surface area contributed by atoms with Crippen LogP contribution >= 0.6 is 11.8 Å². The molecular formula is C5H9N3S. The third-order valence-electron chi connectivity index (χ3n) is 0.838. The molecule has 0 aromatic carbocycles. The van der Waals surface area contributed by atoms with E-state index in [4.69, 9.17) is 4.11 Å². The molecule has 4 heteroatoms. The third-order valence-corrected chi connectivity index (χ3v) is 1.72. The Morgan fingerprint density at radius 1 is 2.11 bits per heavy atom. The Morgan fingerprint density at radius 2 is 3.11 bits per heavy atom. The number of nitrogens with one attached hydrogen (secondary N) is 1. The molecule has 1 heterocycles. The third kappa shape index (κ3) is 2.05. The van der Waals surface area contributed by atoms with Crippen molar-refractivity contribution in [3.05, 3.63) is 0 Å². The molecule has 0 saturated heterocycles. The lowest BCUT2D eigenvalue weighted by molar-refractivity contribution is 0.908. The molecule has 50 valence electrons. The minimum absolute atomic E-state index is 0.623. The largest absolute Gasteiger partial charge is 0.312 e. The van der Waals surface area contributed by atoms with Crippen LogP contribution in [0.25, 0.3) is 0 Å². The Balaban J connectivity index is 2.46. The number of rotatable bonds is 1. The van der Waals surface area contributed by atoms with Crippen molar-refractivity contribution in [3.8, 4) is 0 Å². The lowest BCUT2D eigenvalue weighted by atomic mass is 10.7. The molecule has 0 unspecified atom stereocenters. The topological polar surface area (TPSA) is 36.8 Å². The molecule has 0 spiro atoms. The minimum atomic E-state index is -2.21.